The molecular formula is C7H13N. The molecule has 1 nitrogen and oxygen atoms in total. The van der Waals surface area contributed by atoms with E-state index < -0.39 is 0 Å². The molecule has 0 aromatic heterocycles. The van der Waals surface area contributed by atoms with Gasteiger partial charge in [0, 0.05) is 6.04 Å². The fourth-order valence-electron chi connectivity index (χ4n) is 2.05. The predicted octanol–water partition coefficient (Wildman–Crippen LogP) is 1.13. The van der Waals surface area contributed by atoms with Crippen LogP contribution in [0.3, 0.4) is 0 Å². The molecule has 3 atom stereocenters. The topological polar surface area (TPSA) is 26.0 Å². The molecule has 0 aromatic rings. The van der Waals surface area contributed by atoms with Crippen LogP contribution in [-0.2, 0) is 0 Å². The fourth-order valence-corrected chi connectivity index (χ4v) is 2.05. The lowest BCUT2D eigenvalue weighted by molar-refractivity contribution is 0.480. The SMILES string of the molecule is NC1[C@H]2CCCC[C@@H]12. The van der Waals surface area contributed by atoms with Gasteiger partial charge in [-0.1, -0.05) is 12.8 Å². The summed E-state index contributed by atoms with van der Waals surface area (Å²) in [5.74, 6) is 1.90. The lowest BCUT2D eigenvalue weighted by Gasteiger charge is -2.04. The van der Waals surface area contributed by atoms with Crippen LogP contribution in [0.5, 0.6) is 0 Å². The molecule has 46 valence electrons. The Kier molecular flexibility index (Phi) is 0.884. The van der Waals surface area contributed by atoms with Gasteiger partial charge in [0.25, 0.3) is 0 Å². The van der Waals surface area contributed by atoms with Crippen LogP contribution in [0.25, 0.3) is 0 Å². The Labute approximate surface area is 50.3 Å². The Morgan fingerprint density at radius 3 is 1.88 bits per heavy atom. The van der Waals surface area contributed by atoms with Crippen molar-refractivity contribution < 1.29 is 0 Å². The van der Waals surface area contributed by atoms with E-state index in [0.29, 0.717) is 6.04 Å². The molecule has 0 aliphatic heterocycles. The molecule has 2 saturated carbocycles. The van der Waals surface area contributed by atoms with Crippen molar-refractivity contribution in [3.8, 4) is 0 Å². The van der Waals surface area contributed by atoms with Gasteiger partial charge in [0.2, 0.25) is 0 Å². The first-order chi connectivity index (χ1) is 3.89. The molecular weight excluding hydrogens is 98.1 g/mol. The zero-order valence-electron chi connectivity index (χ0n) is 5.14. The Morgan fingerprint density at radius 1 is 1.00 bits per heavy atom. The van der Waals surface area contributed by atoms with E-state index in [1.54, 1.807) is 0 Å². The lowest BCUT2D eigenvalue weighted by Crippen LogP contribution is -2.02. The summed E-state index contributed by atoms with van der Waals surface area (Å²) >= 11 is 0. The van der Waals surface area contributed by atoms with Crippen LogP contribution in [0.1, 0.15) is 25.7 Å². The van der Waals surface area contributed by atoms with Gasteiger partial charge in [-0.15, -0.1) is 0 Å². The summed E-state index contributed by atoms with van der Waals surface area (Å²) in [6.45, 7) is 0. The number of rotatable bonds is 0. The molecule has 0 amide bonds. The largest absolute Gasteiger partial charge is 0.327 e. The molecule has 1 heteroatoms. The van der Waals surface area contributed by atoms with Crippen LogP contribution < -0.4 is 5.73 Å². The number of nitrogens with two attached hydrogens (primary N) is 1. The van der Waals surface area contributed by atoms with E-state index in [2.05, 4.69) is 0 Å². The summed E-state index contributed by atoms with van der Waals surface area (Å²) in [7, 11) is 0. The summed E-state index contributed by atoms with van der Waals surface area (Å²) in [4.78, 5) is 0. The van der Waals surface area contributed by atoms with Crippen molar-refractivity contribution in [1.82, 2.24) is 0 Å². The van der Waals surface area contributed by atoms with E-state index in [0.717, 1.165) is 11.8 Å². The van der Waals surface area contributed by atoms with Crippen LogP contribution in [0.4, 0.5) is 0 Å². The third kappa shape index (κ3) is 0.510. The van der Waals surface area contributed by atoms with Gasteiger partial charge >= 0.3 is 0 Å². The highest BCUT2D eigenvalue weighted by Gasteiger charge is 2.47. The van der Waals surface area contributed by atoms with Gasteiger partial charge < -0.3 is 5.73 Å². The van der Waals surface area contributed by atoms with Crippen molar-refractivity contribution in [3.63, 3.8) is 0 Å². The van der Waals surface area contributed by atoms with Crippen molar-refractivity contribution in [3.05, 3.63) is 0 Å². The second-order valence-electron chi connectivity index (χ2n) is 3.19. The summed E-state index contributed by atoms with van der Waals surface area (Å²) in [5.41, 5.74) is 5.77. The lowest BCUT2D eigenvalue weighted by atomic mass is 10.0. The van der Waals surface area contributed by atoms with Crippen LogP contribution >= 0.6 is 0 Å². The second-order valence-corrected chi connectivity index (χ2v) is 3.19. The molecule has 0 radical (unpaired) electrons. The van der Waals surface area contributed by atoms with Gasteiger partial charge in [0.1, 0.15) is 0 Å². The molecule has 0 spiro atoms. The smallest absolute Gasteiger partial charge is 0.0102 e. The fraction of sp³-hybridized carbons (Fsp3) is 1.00. The average molecular weight is 111 g/mol. The number of hydrogen-bond acceptors (Lipinski definition) is 1. The maximum absolute atomic E-state index is 5.77. The minimum absolute atomic E-state index is 0.609. The third-order valence-electron chi connectivity index (χ3n) is 2.72. The molecule has 8 heavy (non-hydrogen) atoms. The molecule has 0 saturated heterocycles. The molecule has 2 rings (SSSR count). The first-order valence-electron chi connectivity index (χ1n) is 3.65. The number of fused-ring (bicyclic) bond motifs is 1. The first-order valence-corrected chi connectivity index (χ1v) is 3.65. The summed E-state index contributed by atoms with van der Waals surface area (Å²) in [6, 6.07) is 0.609. The predicted molar refractivity (Wildman–Crippen MR) is 33.4 cm³/mol. The third-order valence-corrected chi connectivity index (χ3v) is 2.72. The van der Waals surface area contributed by atoms with Crippen molar-refractivity contribution in [2.45, 2.75) is 31.7 Å². The normalized spacial score (nSPS) is 52.9. The minimum atomic E-state index is 0.609. The van der Waals surface area contributed by atoms with E-state index in [1.165, 1.54) is 25.7 Å². The Balaban J connectivity index is 1.97. The molecule has 2 aliphatic rings. The Bertz CT molecular complexity index is 88.6. The maximum atomic E-state index is 5.77. The minimum Gasteiger partial charge on any atom is -0.327 e. The maximum Gasteiger partial charge on any atom is 0.0102 e. The van der Waals surface area contributed by atoms with E-state index in [-0.39, 0.29) is 0 Å². The highest BCUT2D eigenvalue weighted by molar-refractivity contribution is 5.02. The molecule has 1 unspecified atom stereocenters. The molecule has 0 bridgehead atoms. The molecule has 2 N–H and O–H groups in total. The van der Waals surface area contributed by atoms with E-state index in [1.807, 2.05) is 0 Å². The summed E-state index contributed by atoms with van der Waals surface area (Å²) < 4.78 is 0. The van der Waals surface area contributed by atoms with E-state index in [4.69, 9.17) is 5.73 Å². The molecule has 0 heterocycles. The molecule has 0 aromatic carbocycles. The van der Waals surface area contributed by atoms with E-state index >= 15 is 0 Å². The summed E-state index contributed by atoms with van der Waals surface area (Å²) in [5, 5.41) is 0. The molecule has 2 fully saturated rings. The van der Waals surface area contributed by atoms with Gasteiger partial charge in [-0.2, -0.15) is 0 Å². The summed E-state index contributed by atoms with van der Waals surface area (Å²) in [6.07, 6.45) is 5.72. The van der Waals surface area contributed by atoms with Crippen LogP contribution in [-0.4, -0.2) is 6.04 Å². The van der Waals surface area contributed by atoms with Gasteiger partial charge in [-0.3, -0.25) is 0 Å². The standard InChI is InChI=1S/C7H13N/c8-7-5-3-1-2-4-6(5)7/h5-7H,1-4,8H2/t5-,6+,7?. The van der Waals surface area contributed by atoms with Crippen LogP contribution in [0.2, 0.25) is 0 Å². The highest BCUT2D eigenvalue weighted by Crippen LogP contribution is 2.48. The van der Waals surface area contributed by atoms with Gasteiger partial charge in [-0.25, -0.2) is 0 Å². The highest BCUT2D eigenvalue weighted by atomic mass is 14.8. The Hall–Kier alpha value is -0.0400. The molecule has 2 aliphatic carbocycles. The second kappa shape index (κ2) is 1.47. The van der Waals surface area contributed by atoms with Crippen LogP contribution in [0.15, 0.2) is 0 Å². The average Bonchev–Trinajstić information content (AvgIpc) is 2.46. The van der Waals surface area contributed by atoms with Crippen molar-refractivity contribution >= 4 is 0 Å². The van der Waals surface area contributed by atoms with Gasteiger partial charge in [0.15, 0.2) is 0 Å². The zero-order valence-corrected chi connectivity index (χ0v) is 5.14. The van der Waals surface area contributed by atoms with Crippen molar-refractivity contribution in [2.75, 3.05) is 0 Å². The van der Waals surface area contributed by atoms with Crippen molar-refractivity contribution in [2.24, 2.45) is 17.6 Å². The first kappa shape index (κ1) is 4.80. The van der Waals surface area contributed by atoms with Crippen molar-refractivity contribution in [1.29, 1.82) is 0 Å². The van der Waals surface area contributed by atoms with Gasteiger partial charge in [-0.05, 0) is 24.7 Å². The van der Waals surface area contributed by atoms with Gasteiger partial charge in [0.05, 0.1) is 0 Å². The quantitative estimate of drug-likeness (QED) is 0.498. The Morgan fingerprint density at radius 2 is 1.50 bits per heavy atom. The van der Waals surface area contributed by atoms with E-state index in [9.17, 15) is 0 Å². The zero-order chi connectivity index (χ0) is 5.56. The number of hydrogen-bond donors (Lipinski definition) is 1. The monoisotopic (exact) mass is 111 g/mol. The van der Waals surface area contributed by atoms with Crippen LogP contribution in [0, 0.1) is 11.8 Å².